The highest BCUT2D eigenvalue weighted by Gasteiger charge is 2.34. The lowest BCUT2D eigenvalue weighted by Crippen LogP contribution is -2.57. The third-order valence-corrected chi connectivity index (χ3v) is 8.13. The van der Waals surface area contributed by atoms with Crippen LogP contribution in [0.5, 0.6) is 17.2 Å². The third kappa shape index (κ3) is 6.10. The normalized spacial score (nSPS) is 17.7. The predicted octanol–water partition coefficient (Wildman–Crippen LogP) is 3.62. The van der Waals surface area contributed by atoms with Crippen molar-refractivity contribution in [2.24, 2.45) is 0 Å². The Morgan fingerprint density at radius 3 is 2.91 bits per heavy atom. The van der Waals surface area contributed by atoms with Crippen LogP contribution < -0.4 is 19.7 Å². The van der Waals surface area contributed by atoms with Crippen LogP contribution >= 0.6 is 0 Å². The van der Waals surface area contributed by atoms with E-state index in [4.69, 9.17) is 14.5 Å². The number of pyridine rings is 2. The van der Waals surface area contributed by atoms with Gasteiger partial charge in [0.05, 0.1) is 12.1 Å². The number of nitrogens with zero attached hydrogens (tertiary/aromatic N) is 9. The van der Waals surface area contributed by atoms with Gasteiger partial charge in [-0.1, -0.05) is 6.08 Å². The second-order valence-electron chi connectivity index (χ2n) is 11.6. The largest absolute Gasteiger partial charge is 0.490 e. The number of aliphatic hydroxyl groups is 1. The highest BCUT2D eigenvalue weighted by Crippen LogP contribution is 2.36. The number of rotatable bonds is 8. The number of hydrogen-bond donors (Lipinski definition) is 2. The molecule has 4 aromatic heterocycles. The van der Waals surface area contributed by atoms with Crippen LogP contribution in [0.25, 0.3) is 16.7 Å². The first-order valence-corrected chi connectivity index (χ1v) is 15.0. The Morgan fingerprint density at radius 2 is 2.04 bits per heavy atom. The van der Waals surface area contributed by atoms with Gasteiger partial charge in [-0.3, -0.25) is 4.90 Å². The first-order valence-electron chi connectivity index (χ1n) is 15.0. The third-order valence-electron chi connectivity index (χ3n) is 8.13. The molecule has 2 unspecified atom stereocenters. The molecule has 2 atom stereocenters. The summed E-state index contributed by atoms with van der Waals surface area (Å²) in [5, 5.41) is 18.5. The number of anilines is 3. The summed E-state index contributed by atoms with van der Waals surface area (Å²) in [7, 11) is 4.02. The summed E-state index contributed by atoms with van der Waals surface area (Å²) < 4.78 is 14.1. The molecule has 2 aliphatic rings. The molecule has 1 fully saturated rings. The minimum Gasteiger partial charge on any atom is -0.490 e. The van der Waals surface area contributed by atoms with Crippen molar-refractivity contribution in [3.8, 4) is 17.2 Å². The Bertz CT molecular complexity index is 1860. The Kier molecular flexibility index (Phi) is 7.88. The number of aromatic nitrogens is 6. The van der Waals surface area contributed by atoms with Gasteiger partial charge in [-0.05, 0) is 63.3 Å². The fourth-order valence-electron chi connectivity index (χ4n) is 5.82. The zero-order valence-corrected chi connectivity index (χ0v) is 25.5. The molecule has 45 heavy (non-hydrogen) atoms. The summed E-state index contributed by atoms with van der Waals surface area (Å²) in [5.41, 5.74) is 3.87. The zero-order valence-electron chi connectivity index (χ0n) is 25.5. The number of likely N-dealkylation sites (N-methyl/N-ethyl adjacent to an activating group) is 1. The summed E-state index contributed by atoms with van der Waals surface area (Å²) in [6.45, 7) is 5.48. The van der Waals surface area contributed by atoms with Crippen molar-refractivity contribution in [1.82, 2.24) is 39.3 Å². The van der Waals surface area contributed by atoms with Crippen molar-refractivity contribution in [1.29, 1.82) is 0 Å². The maximum Gasteiger partial charge on any atom is 0.172 e. The molecule has 232 valence electrons. The molecule has 2 N–H and O–H groups in total. The second-order valence-corrected chi connectivity index (χ2v) is 11.6. The molecule has 0 aliphatic carbocycles. The Balaban J connectivity index is 1.11. The number of aliphatic hydroxyl groups excluding tert-OH is 1. The van der Waals surface area contributed by atoms with E-state index < -0.39 is 6.23 Å². The monoisotopic (exact) mass is 608 g/mol. The zero-order chi connectivity index (χ0) is 30.9. The number of benzene rings is 1. The fourth-order valence-corrected chi connectivity index (χ4v) is 5.82. The van der Waals surface area contributed by atoms with Crippen molar-refractivity contribution < 1.29 is 14.6 Å². The highest BCUT2D eigenvalue weighted by atomic mass is 16.5. The molecule has 13 heteroatoms. The van der Waals surface area contributed by atoms with E-state index in [2.05, 4.69) is 40.1 Å². The van der Waals surface area contributed by atoms with Gasteiger partial charge in [0.2, 0.25) is 0 Å². The van der Waals surface area contributed by atoms with E-state index in [0.717, 1.165) is 42.3 Å². The molecular weight excluding hydrogens is 572 g/mol. The standard InChI is InChI=1S/C32H36N10O3/c1-21-15-22(6-7-26(21)45-24-8-11-42-28(16-24)34-20-36-42)37-31-30-25(33-19-35-31)17-27-32(38-30)40-12-13-41(23(18-40)9-14-44-27)29(43)5-4-10-39(2)3/h4-8,11,15-17,19-20,23,29,43H,9-10,12-14,18H2,1-3H3,(H,33,35,37)/b5-4+. The smallest absolute Gasteiger partial charge is 0.172 e. The molecule has 0 amide bonds. The van der Waals surface area contributed by atoms with Gasteiger partial charge >= 0.3 is 0 Å². The number of ether oxygens (including phenoxy) is 2. The fraction of sp³-hybridized carbons (Fsp3) is 0.344. The first kappa shape index (κ1) is 28.9. The average Bonchev–Trinajstić information content (AvgIpc) is 3.49. The van der Waals surface area contributed by atoms with E-state index >= 15 is 0 Å². The summed E-state index contributed by atoms with van der Waals surface area (Å²) >= 11 is 0. The molecule has 7 rings (SSSR count). The van der Waals surface area contributed by atoms with Crippen molar-refractivity contribution in [2.45, 2.75) is 25.6 Å². The van der Waals surface area contributed by atoms with Crippen molar-refractivity contribution in [3.05, 3.63) is 73.0 Å². The molecule has 5 aromatic rings. The van der Waals surface area contributed by atoms with Gasteiger partial charge in [0.15, 0.2) is 23.0 Å². The van der Waals surface area contributed by atoms with Crippen LogP contribution in [0.2, 0.25) is 0 Å². The first-order chi connectivity index (χ1) is 21.9. The number of aryl methyl sites for hydroxylation is 1. The molecule has 13 nitrogen and oxygen atoms in total. The lowest BCUT2D eigenvalue weighted by molar-refractivity contribution is -0.00500. The molecule has 2 aliphatic heterocycles. The Morgan fingerprint density at radius 1 is 1.13 bits per heavy atom. The van der Waals surface area contributed by atoms with E-state index in [1.807, 2.05) is 75.8 Å². The lowest BCUT2D eigenvalue weighted by atomic mass is 10.1. The maximum absolute atomic E-state index is 10.9. The van der Waals surface area contributed by atoms with E-state index in [1.54, 1.807) is 4.52 Å². The number of piperazine rings is 1. The number of fused-ring (bicyclic) bond motifs is 6. The molecule has 0 saturated carbocycles. The van der Waals surface area contributed by atoms with Crippen LogP contribution in [0.15, 0.2) is 67.4 Å². The van der Waals surface area contributed by atoms with Crippen molar-refractivity contribution in [3.63, 3.8) is 0 Å². The molecule has 0 radical (unpaired) electrons. The second kappa shape index (κ2) is 12.3. The van der Waals surface area contributed by atoms with Crippen molar-refractivity contribution >= 4 is 34.0 Å². The van der Waals surface area contributed by atoms with Gasteiger partial charge in [-0.2, -0.15) is 5.10 Å². The SMILES string of the molecule is Cc1cc(Nc2ncnc3cc4c(nc23)N2CCN(C(O)/C=C/CN(C)C)C(CCO4)C2)ccc1Oc1ccn2ncnc2c1. The number of hydrogen-bond acceptors (Lipinski definition) is 12. The van der Waals surface area contributed by atoms with Gasteiger partial charge in [0.1, 0.15) is 35.9 Å². The quantitative estimate of drug-likeness (QED) is 0.250. The Hall–Kier alpha value is -4.85. The van der Waals surface area contributed by atoms with Crippen LogP contribution in [0.1, 0.15) is 12.0 Å². The van der Waals surface area contributed by atoms with Gasteiger partial charge in [0.25, 0.3) is 0 Å². The van der Waals surface area contributed by atoms with Gasteiger partial charge in [-0.25, -0.2) is 24.5 Å². The van der Waals surface area contributed by atoms with Crippen LogP contribution in [0.3, 0.4) is 0 Å². The molecule has 0 spiro atoms. The molecule has 1 aromatic carbocycles. The van der Waals surface area contributed by atoms with E-state index in [0.29, 0.717) is 53.7 Å². The topological polar surface area (TPSA) is 129 Å². The molecular formula is C32H36N10O3. The molecule has 1 saturated heterocycles. The van der Waals surface area contributed by atoms with E-state index in [1.165, 1.54) is 12.7 Å². The van der Waals surface area contributed by atoms with E-state index in [-0.39, 0.29) is 6.04 Å². The molecule has 2 bridgehead atoms. The molecule has 6 heterocycles. The van der Waals surface area contributed by atoms with Gasteiger partial charge in [0, 0.05) is 56.2 Å². The van der Waals surface area contributed by atoms with Gasteiger partial charge < -0.3 is 29.7 Å². The Labute approximate surface area is 260 Å². The van der Waals surface area contributed by atoms with Crippen LogP contribution in [-0.4, -0.2) is 104 Å². The lowest BCUT2D eigenvalue weighted by Gasteiger charge is -2.44. The van der Waals surface area contributed by atoms with Gasteiger partial charge in [-0.15, -0.1) is 0 Å². The minimum atomic E-state index is -0.637. The average molecular weight is 609 g/mol. The summed E-state index contributed by atoms with van der Waals surface area (Å²) in [6.07, 6.45) is 8.92. The highest BCUT2D eigenvalue weighted by molar-refractivity contribution is 5.90. The van der Waals surface area contributed by atoms with E-state index in [9.17, 15) is 5.11 Å². The van der Waals surface area contributed by atoms with Crippen LogP contribution in [0, 0.1) is 6.92 Å². The van der Waals surface area contributed by atoms with Crippen molar-refractivity contribution in [2.75, 3.05) is 57.1 Å². The number of nitrogens with one attached hydrogen (secondary N) is 1. The predicted molar refractivity (Wildman–Crippen MR) is 171 cm³/mol. The van der Waals surface area contributed by atoms with Crippen LogP contribution in [-0.2, 0) is 0 Å². The minimum absolute atomic E-state index is 0.134. The van der Waals surface area contributed by atoms with Crippen LogP contribution in [0.4, 0.5) is 17.3 Å². The summed E-state index contributed by atoms with van der Waals surface area (Å²) in [6, 6.07) is 11.7. The summed E-state index contributed by atoms with van der Waals surface area (Å²) in [4.78, 5) is 24.8. The summed E-state index contributed by atoms with van der Waals surface area (Å²) in [5.74, 6) is 3.51. The maximum atomic E-state index is 10.9.